The average Bonchev–Trinajstić information content (AvgIpc) is 3.11. The molecule has 10 heteroatoms. The van der Waals surface area contributed by atoms with Crippen molar-refractivity contribution in [3.63, 3.8) is 0 Å². The molecule has 0 saturated carbocycles. The van der Waals surface area contributed by atoms with E-state index in [2.05, 4.69) is 15.7 Å². The molecule has 2 N–H and O–H groups in total. The lowest BCUT2D eigenvalue weighted by Crippen LogP contribution is -2.25. The fourth-order valence-corrected chi connectivity index (χ4v) is 3.80. The number of anilines is 1. The van der Waals surface area contributed by atoms with Gasteiger partial charge < -0.3 is 19.9 Å². The summed E-state index contributed by atoms with van der Waals surface area (Å²) in [6.45, 7) is 7.91. The number of carbonyl (C=O) groups excluding carboxylic acids is 3. The Kier molecular flexibility index (Phi) is 8.53. The quantitative estimate of drug-likeness (QED) is 0.345. The van der Waals surface area contributed by atoms with Crippen molar-refractivity contribution in [1.82, 2.24) is 19.7 Å². The van der Waals surface area contributed by atoms with Crippen molar-refractivity contribution < 1.29 is 19.1 Å². The topological polar surface area (TPSA) is 107 Å². The molecule has 184 valence electrons. The molecular formula is C25H29N5O4S. The number of aromatic nitrogens is 3. The molecule has 35 heavy (non-hydrogen) atoms. The van der Waals surface area contributed by atoms with Crippen molar-refractivity contribution in [3.05, 3.63) is 75.8 Å². The Labute approximate surface area is 209 Å². The van der Waals surface area contributed by atoms with Gasteiger partial charge in [0.05, 0.1) is 18.2 Å². The number of nitrogens with one attached hydrogen (secondary N) is 2. The fraction of sp³-hybridized carbons (Fsp3) is 0.320. The molecule has 9 nitrogen and oxygen atoms in total. The minimum Gasteiger partial charge on any atom is -0.459 e. The summed E-state index contributed by atoms with van der Waals surface area (Å²) in [5.74, 6) is -0.477. The van der Waals surface area contributed by atoms with E-state index in [9.17, 15) is 14.4 Å². The standard InChI is InChI=1S/C25H29N5O4S/c1-5-29-21(14-26-23(32)20-12-7-6-9-17(20)4)28-30(25(29)35)15-22(31)27-19-11-8-10-18(13-19)24(33)34-16(2)3/h6-13,16H,5,14-15H2,1-4H3,(H,26,32)(H,27,31). The summed E-state index contributed by atoms with van der Waals surface area (Å²) in [7, 11) is 0. The van der Waals surface area contributed by atoms with Crippen LogP contribution in [-0.2, 0) is 29.2 Å². The minimum atomic E-state index is -0.461. The summed E-state index contributed by atoms with van der Waals surface area (Å²) in [6, 6.07) is 13.8. The van der Waals surface area contributed by atoms with Gasteiger partial charge in [-0.2, -0.15) is 5.10 Å². The number of benzene rings is 2. The van der Waals surface area contributed by atoms with Gasteiger partial charge in [0.15, 0.2) is 10.6 Å². The van der Waals surface area contributed by atoms with Crippen molar-refractivity contribution in [1.29, 1.82) is 0 Å². The third kappa shape index (κ3) is 6.63. The van der Waals surface area contributed by atoms with Gasteiger partial charge in [-0.05, 0) is 69.7 Å². The third-order valence-corrected chi connectivity index (χ3v) is 5.56. The van der Waals surface area contributed by atoms with E-state index in [4.69, 9.17) is 17.0 Å². The molecule has 3 aromatic rings. The Morgan fingerprint density at radius 3 is 2.54 bits per heavy atom. The molecule has 0 spiro atoms. The maximum absolute atomic E-state index is 12.7. The molecule has 1 aromatic heterocycles. The molecule has 0 atom stereocenters. The number of esters is 1. The summed E-state index contributed by atoms with van der Waals surface area (Å²) >= 11 is 5.49. The number of amides is 2. The number of nitrogens with zero attached hydrogens (tertiary/aromatic N) is 3. The second-order valence-electron chi connectivity index (χ2n) is 8.18. The largest absolute Gasteiger partial charge is 0.459 e. The maximum atomic E-state index is 12.7. The lowest BCUT2D eigenvalue weighted by atomic mass is 10.1. The predicted octanol–water partition coefficient (Wildman–Crippen LogP) is 3.88. The second kappa shape index (κ2) is 11.6. The van der Waals surface area contributed by atoms with Gasteiger partial charge in [0.2, 0.25) is 5.91 Å². The second-order valence-corrected chi connectivity index (χ2v) is 8.55. The summed E-state index contributed by atoms with van der Waals surface area (Å²) in [6.07, 6.45) is -0.244. The number of aryl methyl sites for hydroxylation is 1. The van der Waals surface area contributed by atoms with E-state index in [0.717, 1.165) is 5.56 Å². The van der Waals surface area contributed by atoms with Crippen molar-refractivity contribution in [2.75, 3.05) is 5.32 Å². The zero-order valence-electron chi connectivity index (χ0n) is 20.2. The highest BCUT2D eigenvalue weighted by Crippen LogP contribution is 2.13. The van der Waals surface area contributed by atoms with Gasteiger partial charge >= 0.3 is 5.97 Å². The smallest absolute Gasteiger partial charge is 0.338 e. The normalized spacial score (nSPS) is 10.8. The predicted molar refractivity (Wildman–Crippen MR) is 135 cm³/mol. The Morgan fingerprint density at radius 1 is 1.11 bits per heavy atom. The minimum absolute atomic E-state index is 0.120. The number of carbonyl (C=O) groups is 3. The van der Waals surface area contributed by atoms with Crippen LogP contribution < -0.4 is 10.6 Å². The molecule has 0 unspecified atom stereocenters. The summed E-state index contributed by atoms with van der Waals surface area (Å²) in [5, 5.41) is 10.1. The van der Waals surface area contributed by atoms with E-state index < -0.39 is 5.97 Å². The molecule has 3 rings (SSSR count). The van der Waals surface area contributed by atoms with Gasteiger partial charge in [0.1, 0.15) is 6.54 Å². The first-order chi connectivity index (χ1) is 16.7. The van der Waals surface area contributed by atoms with Crippen molar-refractivity contribution in [3.8, 4) is 0 Å². The zero-order valence-corrected chi connectivity index (χ0v) is 21.0. The molecule has 2 aromatic carbocycles. The van der Waals surface area contributed by atoms with Gasteiger partial charge in [-0.25, -0.2) is 9.48 Å². The zero-order chi connectivity index (χ0) is 25.5. The highest BCUT2D eigenvalue weighted by molar-refractivity contribution is 7.71. The molecule has 2 amide bonds. The Balaban J connectivity index is 1.68. The Bertz CT molecular complexity index is 1300. The number of hydrogen-bond acceptors (Lipinski definition) is 6. The molecule has 1 heterocycles. The monoisotopic (exact) mass is 495 g/mol. The molecule has 0 saturated heterocycles. The van der Waals surface area contributed by atoms with Gasteiger partial charge in [-0.3, -0.25) is 9.59 Å². The average molecular weight is 496 g/mol. The van der Waals surface area contributed by atoms with Crippen LogP contribution in [0.3, 0.4) is 0 Å². The highest BCUT2D eigenvalue weighted by atomic mass is 32.1. The molecule has 0 aliphatic heterocycles. The highest BCUT2D eigenvalue weighted by Gasteiger charge is 2.16. The molecular weight excluding hydrogens is 466 g/mol. The van der Waals surface area contributed by atoms with E-state index in [0.29, 0.717) is 34.0 Å². The van der Waals surface area contributed by atoms with Crippen LogP contribution in [0.15, 0.2) is 48.5 Å². The lowest BCUT2D eigenvalue weighted by molar-refractivity contribution is -0.116. The molecule has 0 aliphatic carbocycles. The summed E-state index contributed by atoms with van der Waals surface area (Å²) < 4.78 is 8.75. The number of rotatable bonds is 9. The first-order valence-electron chi connectivity index (χ1n) is 11.3. The molecule has 0 bridgehead atoms. The van der Waals surface area contributed by atoms with Crippen LogP contribution in [0, 0.1) is 11.7 Å². The van der Waals surface area contributed by atoms with Crippen LogP contribution in [0.1, 0.15) is 52.9 Å². The SMILES string of the molecule is CCn1c(CNC(=O)c2ccccc2C)nn(CC(=O)Nc2cccc(C(=O)OC(C)C)c2)c1=S. The van der Waals surface area contributed by atoms with Crippen molar-refractivity contribution in [2.45, 2.75) is 53.4 Å². The maximum Gasteiger partial charge on any atom is 0.338 e. The Hall–Kier alpha value is -3.79. The first-order valence-corrected chi connectivity index (χ1v) is 11.7. The van der Waals surface area contributed by atoms with Crippen LogP contribution in [0.5, 0.6) is 0 Å². The molecule has 0 aliphatic rings. The first kappa shape index (κ1) is 25.8. The van der Waals surface area contributed by atoms with Gasteiger partial charge in [0, 0.05) is 17.8 Å². The van der Waals surface area contributed by atoms with E-state index in [1.165, 1.54) is 4.68 Å². The van der Waals surface area contributed by atoms with Crippen LogP contribution in [0.4, 0.5) is 5.69 Å². The van der Waals surface area contributed by atoms with Gasteiger partial charge in [0.25, 0.3) is 5.91 Å². The van der Waals surface area contributed by atoms with Crippen LogP contribution >= 0.6 is 12.2 Å². The number of ether oxygens (including phenoxy) is 1. The Morgan fingerprint density at radius 2 is 1.86 bits per heavy atom. The number of hydrogen-bond donors (Lipinski definition) is 2. The van der Waals surface area contributed by atoms with Gasteiger partial charge in [-0.1, -0.05) is 24.3 Å². The van der Waals surface area contributed by atoms with Crippen molar-refractivity contribution in [2.24, 2.45) is 0 Å². The van der Waals surface area contributed by atoms with E-state index in [1.54, 1.807) is 48.7 Å². The summed E-state index contributed by atoms with van der Waals surface area (Å²) in [5.41, 5.74) is 2.27. The van der Waals surface area contributed by atoms with Crippen LogP contribution in [0.2, 0.25) is 0 Å². The van der Waals surface area contributed by atoms with E-state index >= 15 is 0 Å². The summed E-state index contributed by atoms with van der Waals surface area (Å²) in [4.78, 5) is 37.4. The van der Waals surface area contributed by atoms with Crippen LogP contribution in [0.25, 0.3) is 0 Å². The van der Waals surface area contributed by atoms with E-state index in [-0.39, 0.29) is 31.0 Å². The molecule has 0 radical (unpaired) electrons. The van der Waals surface area contributed by atoms with Crippen LogP contribution in [-0.4, -0.2) is 38.2 Å². The van der Waals surface area contributed by atoms with Gasteiger partial charge in [-0.15, -0.1) is 0 Å². The lowest BCUT2D eigenvalue weighted by Gasteiger charge is -2.10. The third-order valence-electron chi connectivity index (χ3n) is 5.13. The van der Waals surface area contributed by atoms with Crippen molar-refractivity contribution >= 4 is 35.7 Å². The molecule has 0 fully saturated rings. The fourth-order valence-electron chi connectivity index (χ4n) is 3.46. The van der Waals surface area contributed by atoms with E-state index in [1.807, 2.05) is 32.0 Å².